The molecule has 8 nitrogen and oxygen atoms in total. The fourth-order valence-corrected chi connectivity index (χ4v) is 4.73. The Morgan fingerprint density at radius 2 is 1.46 bits per heavy atom. The van der Waals surface area contributed by atoms with Crippen molar-refractivity contribution in [2.24, 2.45) is 5.41 Å². The zero-order valence-corrected chi connectivity index (χ0v) is 24.1. The fraction of sp³-hybridized carbons (Fsp3) is 0.273. The highest BCUT2D eigenvalue weighted by Crippen LogP contribution is 2.41. The highest BCUT2D eigenvalue weighted by Gasteiger charge is 2.38. The molecule has 8 heteroatoms. The van der Waals surface area contributed by atoms with E-state index < -0.39 is 5.41 Å². The van der Waals surface area contributed by atoms with E-state index in [2.05, 4.69) is 10.6 Å². The Morgan fingerprint density at radius 3 is 2.00 bits per heavy atom. The van der Waals surface area contributed by atoms with Gasteiger partial charge in [-0.15, -0.1) is 0 Å². The van der Waals surface area contributed by atoms with Crippen molar-refractivity contribution in [1.82, 2.24) is 5.32 Å². The summed E-state index contributed by atoms with van der Waals surface area (Å²) >= 11 is 0. The van der Waals surface area contributed by atoms with Gasteiger partial charge in [-0.25, -0.2) is 0 Å². The lowest BCUT2D eigenvalue weighted by atomic mass is 9.74. The minimum Gasteiger partial charge on any atom is -0.497 e. The summed E-state index contributed by atoms with van der Waals surface area (Å²) in [5.74, 6) is 1.61. The summed E-state index contributed by atoms with van der Waals surface area (Å²) in [5.41, 5.74) is 3.20. The van der Waals surface area contributed by atoms with Crippen molar-refractivity contribution in [3.63, 3.8) is 0 Å². The number of methoxy groups -OCH3 is 4. The van der Waals surface area contributed by atoms with E-state index in [-0.39, 0.29) is 11.8 Å². The average Bonchev–Trinajstić information content (AvgIpc) is 3.00. The van der Waals surface area contributed by atoms with Gasteiger partial charge in [-0.1, -0.05) is 60.2 Å². The molecule has 0 aliphatic heterocycles. The lowest BCUT2D eigenvalue weighted by Crippen LogP contribution is -2.38. The standard InChI is InChI=1S/C33H36N2O6/c1-22-6-8-24(9-7-22)21-34-31(36)25-14-16-33(17-15-25,20-23-10-12-27(38-2)13-11-23)32(37)35-26-18-28(39-3)30(41-5)29(19-26)40-4/h6-16,18-19H,17,20-21H2,1-5H3,(H,34,36)(H,35,37). The number of anilines is 1. The van der Waals surface area contributed by atoms with Crippen LogP contribution in [-0.4, -0.2) is 40.3 Å². The predicted molar refractivity (Wildman–Crippen MR) is 159 cm³/mol. The maximum atomic E-state index is 14.0. The Morgan fingerprint density at radius 1 is 0.829 bits per heavy atom. The topological polar surface area (TPSA) is 95.1 Å². The van der Waals surface area contributed by atoms with Crippen LogP contribution in [0.25, 0.3) is 0 Å². The number of rotatable bonds is 11. The summed E-state index contributed by atoms with van der Waals surface area (Å²) in [6, 6.07) is 19.0. The van der Waals surface area contributed by atoms with E-state index in [0.29, 0.717) is 47.9 Å². The van der Waals surface area contributed by atoms with Crippen molar-refractivity contribution in [3.05, 3.63) is 101 Å². The molecule has 0 saturated heterocycles. The third-order valence-corrected chi connectivity index (χ3v) is 7.16. The summed E-state index contributed by atoms with van der Waals surface area (Å²) < 4.78 is 21.6. The minimum absolute atomic E-state index is 0.190. The number of ether oxygens (including phenoxy) is 4. The molecule has 1 aliphatic rings. The first-order chi connectivity index (χ1) is 19.8. The molecule has 0 heterocycles. The molecule has 0 spiro atoms. The smallest absolute Gasteiger partial charge is 0.251 e. The number of nitrogens with one attached hydrogen (secondary N) is 2. The van der Waals surface area contributed by atoms with Gasteiger partial charge in [-0.3, -0.25) is 9.59 Å². The molecule has 3 aromatic rings. The van der Waals surface area contributed by atoms with Gasteiger partial charge in [-0.05, 0) is 43.0 Å². The van der Waals surface area contributed by atoms with Crippen LogP contribution in [0.5, 0.6) is 23.0 Å². The number of carbonyl (C=O) groups excluding carboxylic acids is 2. The second-order valence-corrected chi connectivity index (χ2v) is 9.91. The van der Waals surface area contributed by atoms with Crippen molar-refractivity contribution in [2.45, 2.75) is 26.3 Å². The molecule has 2 N–H and O–H groups in total. The van der Waals surface area contributed by atoms with Crippen LogP contribution >= 0.6 is 0 Å². The van der Waals surface area contributed by atoms with E-state index in [1.807, 2.05) is 67.6 Å². The van der Waals surface area contributed by atoms with Crippen LogP contribution in [0.15, 0.2) is 84.5 Å². The molecule has 1 atom stereocenters. The van der Waals surface area contributed by atoms with Crippen molar-refractivity contribution in [1.29, 1.82) is 0 Å². The van der Waals surface area contributed by atoms with Crippen LogP contribution < -0.4 is 29.6 Å². The molecule has 41 heavy (non-hydrogen) atoms. The third kappa shape index (κ3) is 6.90. The van der Waals surface area contributed by atoms with Crippen molar-refractivity contribution >= 4 is 17.5 Å². The van der Waals surface area contributed by atoms with Gasteiger partial charge in [0.1, 0.15) is 5.75 Å². The number of aryl methyl sites for hydroxylation is 1. The number of allylic oxidation sites excluding steroid dienone is 1. The molecule has 0 fully saturated rings. The number of amides is 2. The Hall–Kier alpha value is -4.72. The largest absolute Gasteiger partial charge is 0.497 e. The molecule has 0 saturated carbocycles. The number of carbonyl (C=O) groups is 2. The lowest BCUT2D eigenvalue weighted by molar-refractivity contribution is -0.123. The Bertz CT molecular complexity index is 1420. The first-order valence-electron chi connectivity index (χ1n) is 13.3. The second kappa shape index (κ2) is 13.1. The zero-order chi connectivity index (χ0) is 29.4. The highest BCUT2D eigenvalue weighted by atomic mass is 16.5. The fourth-order valence-electron chi connectivity index (χ4n) is 4.73. The molecule has 1 unspecified atom stereocenters. The summed E-state index contributed by atoms with van der Waals surface area (Å²) in [6.07, 6.45) is 6.12. The summed E-state index contributed by atoms with van der Waals surface area (Å²) in [4.78, 5) is 26.9. The quantitative estimate of drug-likeness (QED) is 0.329. The van der Waals surface area contributed by atoms with Crippen LogP contribution in [0.2, 0.25) is 0 Å². The molecule has 0 aromatic heterocycles. The Labute approximate surface area is 241 Å². The van der Waals surface area contributed by atoms with E-state index >= 15 is 0 Å². The maximum Gasteiger partial charge on any atom is 0.251 e. The summed E-state index contributed by atoms with van der Waals surface area (Å²) in [7, 11) is 6.18. The first-order valence-corrected chi connectivity index (χ1v) is 13.3. The summed E-state index contributed by atoms with van der Waals surface area (Å²) in [6.45, 7) is 2.44. The van der Waals surface area contributed by atoms with Gasteiger partial charge in [0.05, 0.1) is 33.9 Å². The molecule has 4 rings (SSSR count). The van der Waals surface area contributed by atoms with Crippen LogP contribution in [0, 0.1) is 12.3 Å². The molecule has 214 valence electrons. The summed E-state index contributed by atoms with van der Waals surface area (Å²) in [5, 5.41) is 6.00. The van der Waals surface area contributed by atoms with Gasteiger partial charge in [0.15, 0.2) is 11.5 Å². The van der Waals surface area contributed by atoms with Gasteiger partial charge in [-0.2, -0.15) is 0 Å². The normalized spacial score (nSPS) is 15.9. The molecule has 0 bridgehead atoms. The van der Waals surface area contributed by atoms with E-state index in [1.165, 1.54) is 21.3 Å². The van der Waals surface area contributed by atoms with E-state index in [9.17, 15) is 9.59 Å². The number of hydrogen-bond acceptors (Lipinski definition) is 6. The molecule has 1 aliphatic carbocycles. The van der Waals surface area contributed by atoms with Crippen molar-refractivity contribution in [2.75, 3.05) is 33.8 Å². The second-order valence-electron chi connectivity index (χ2n) is 9.91. The van der Waals surface area contributed by atoms with Gasteiger partial charge in [0.25, 0.3) is 5.91 Å². The predicted octanol–water partition coefficient (Wildman–Crippen LogP) is 5.40. The van der Waals surface area contributed by atoms with Crippen LogP contribution in [0.1, 0.15) is 23.1 Å². The monoisotopic (exact) mass is 556 g/mol. The molecular formula is C33H36N2O6. The lowest BCUT2D eigenvalue weighted by Gasteiger charge is -2.31. The SMILES string of the molecule is COc1ccc(CC2(C(=O)Nc3cc(OC)c(OC)c(OC)c3)C=CC(C(=O)NCc3ccc(C)cc3)=CC2)cc1. The van der Waals surface area contributed by atoms with Gasteiger partial charge in [0.2, 0.25) is 11.7 Å². The molecule has 3 aromatic carbocycles. The molecule has 0 radical (unpaired) electrons. The van der Waals surface area contributed by atoms with Crippen LogP contribution in [0.3, 0.4) is 0 Å². The van der Waals surface area contributed by atoms with Crippen molar-refractivity contribution in [3.8, 4) is 23.0 Å². The van der Waals surface area contributed by atoms with E-state index in [1.54, 1.807) is 25.3 Å². The molecule has 2 amide bonds. The maximum absolute atomic E-state index is 14.0. The van der Waals surface area contributed by atoms with E-state index in [4.69, 9.17) is 18.9 Å². The Kier molecular flexibility index (Phi) is 9.34. The van der Waals surface area contributed by atoms with Gasteiger partial charge < -0.3 is 29.6 Å². The van der Waals surface area contributed by atoms with Crippen molar-refractivity contribution < 1.29 is 28.5 Å². The highest BCUT2D eigenvalue weighted by molar-refractivity contribution is 6.00. The minimum atomic E-state index is -0.949. The van der Waals surface area contributed by atoms with Crippen LogP contribution in [0.4, 0.5) is 5.69 Å². The number of hydrogen-bond donors (Lipinski definition) is 2. The number of benzene rings is 3. The van der Waals surface area contributed by atoms with Gasteiger partial charge in [0, 0.05) is 29.9 Å². The first kappa shape index (κ1) is 29.3. The Balaban J connectivity index is 1.57. The zero-order valence-electron chi connectivity index (χ0n) is 24.1. The van der Waals surface area contributed by atoms with Gasteiger partial charge >= 0.3 is 0 Å². The van der Waals surface area contributed by atoms with Crippen LogP contribution in [-0.2, 0) is 22.6 Å². The van der Waals surface area contributed by atoms with E-state index in [0.717, 1.165) is 22.4 Å². The average molecular weight is 557 g/mol. The molecular weight excluding hydrogens is 520 g/mol. The third-order valence-electron chi connectivity index (χ3n) is 7.16.